The largest absolute Gasteiger partial charge is 0.473 e. The lowest BCUT2D eigenvalue weighted by Gasteiger charge is -2.41. The van der Waals surface area contributed by atoms with E-state index in [0.717, 1.165) is 18.2 Å². The molecular weight excluding hydrogens is 274 g/mol. The summed E-state index contributed by atoms with van der Waals surface area (Å²) in [5.74, 6) is -2.84. The molecule has 3 saturated heterocycles. The molecule has 0 atom stereocenters. The van der Waals surface area contributed by atoms with Gasteiger partial charge in [0, 0.05) is 12.7 Å². The summed E-state index contributed by atoms with van der Waals surface area (Å²) in [5, 5.41) is 14.8. The number of aromatic nitrogens is 2. The average molecular weight is 291 g/mol. The van der Waals surface area contributed by atoms with Gasteiger partial charge in [-0.25, -0.2) is 19.6 Å². The van der Waals surface area contributed by atoms with Crippen LogP contribution in [0, 0.1) is 5.92 Å². The van der Waals surface area contributed by atoms with Crippen LogP contribution in [0.25, 0.3) is 6.08 Å². The Hall–Kier alpha value is -2.28. The predicted molar refractivity (Wildman–Crippen MR) is 74.4 cm³/mol. The van der Waals surface area contributed by atoms with Crippen LogP contribution in [-0.4, -0.2) is 56.7 Å². The van der Waals surface area contributed by atoms with E-state index in [-0.39, 0.29) is 0 Å². The van der Waals surface area contributed by atoms with E-state index in [0.29, 0.717) is 0 Å². The molecule has 0 radical (unpaired) electrons. The summed E-state index contributed by atoms with van der Waals surface area (Å²) in [6.45, 7) is 3.71. The summed E-state index contributed by atoms with van der Waals surface area (Å²) in [7, 11) is 0. The zero-order valence-electron chi connectivity index (χ0n) is 11.5. The molecule has 112 valence electrons. The molecule has 1 aromatic rings. The highest BCUT2D eigenvalue weighted by Gasteiger charge is 2.29. The van der Waals surface area contributed by atoms with Crippen molar-refractivity contribution in [2.24, 2.45) is 5.92 Å². The number of carbonyl (C=O) groups is 2. The number of fused-ring (bicyclic) bond motifs is 3. The first kappa shape index (κ1) is 15.1. The Bertz CT molecular complexity index is 524. The topological polar surface area (TPSA) is 104 Å². The maximum Gasteiger partial charge on any atom is 0.414 e. The highest BCUT2D eigenvalue weighted by atomic mass is 16.4. The number of carboxylic acids is 2. The number of rotatable bonds is 1. The van der Waals surface area contributed by atoms with Gasteiger partial charge in [0.25, 0.3) is 0 Å². The van der Waals surface area contributed by atoms with Gasteiger partial charge >= 0.3 is 11.9 Å². The Morgan fingerprint density at radius 2 is 1.90 bits per heavy atom. The molecule has 3 aliphatic rings. The monoisotopic (exact) mass is 291 g/mol. The molecule has 1 aromatic heterocycles. The van der Waals surface area contributed by atoms with Gasteiger partial charge in [-0.3, -0.25) is 4.90 Å². The van der Waals surface area contributed by atoms with Crippen LogP contribution in [0.4, 0.5) is 0 Å². The SMILES string of the molecule is C(=C1CN2CCC1CC2)c1ccncn1.O=C(O)C(=O)O. The second-order valence-corrected chi connectivity index (χ2v) is 5.01. The molecule has 7 nitrogen and oxygen atoms in total. The number of aliphatic carboxylic acids is 2. The van der Waals surface area contributed by atoms with Gasteiger partial charge in [-0.2, -0.15) is 0 Å². The van der Waals surface area contributed by atoms with E-state index in [9.17, 15) is 0 Å². The Labute approximate surface area is 121 Å². The maximum absolute atomic E-state index is 9.10. The average Bonchev–Trinajstić information content (AvgIpc) is 2.50. The zero-order valence-corrected chi connectivity index (χ0v) is 11.5. The van der Waals surface area contributed by atoms with Crippen LogP contribution < -0.4 is 0 Å². The molecule has 0 spiro atoms. The van der Waals surface area contributed by atoms with Crippen molar-refractivity contribution in [2.45, 2.75) is 12.8 Å². The highest BCUT2D eigenvalue weighted by molar-refractivity contribution is 6.27. The molecule has 4 rings (SSSR count). The van der Waals surface area contributed by atoms with Gasteiger partial charge in [0.1, 0.15) is 6.33 Å². The van der Waals surface area contributed by atoms with E-state index in [2.05, 4.69) is 20.9 Å². The van der Waals surface area contributed by atoms with Crippen LogP contribution in [0.3, 0.4) is 0 Å². The minimum atomic E-state index is -1.82. The van der Waals surface area contributed by atoms with E-state index in [1.54, 1.807) is 18.1 Å². The van der Waals surface area contributed by atoms with E-state index in [1.165, 1.54) is 25.9 Å². The summed E-state index contributed by atoms with van der Waals surface area (Å²) in [6.07, 6.45) is 8.33. The molecule has 0 aliphatic carbocycles. The molecule has 0 aromatic carbocycles. The highest BCUT2D eigenvalue weighted by Crippen LogP contribution is 2.32. The van der Waals surface area contributed by atoms with Crippen molar-refractivity contribution >= 4 is 18.0 Å². The summed E-state index contributed by atoms with van der Waals surface area (Å²) < 4.78 is 0. The van der Waals surface area contributed by atoms with Gasteiger partial charge in [0.2, 0.25) is 0 Å². The van der Waals surface area contributed by atoms with E-state index >= 15 is 0 Å². The summed E-state index contributed by atoms with van der Waals surface area (Å²) in [4.78, 5) is 28.9. The lowest BCUT2D eigenvalue weighted by molar-refractivity contribution is -0.159. The third-order valence-electron chi connectivity index (χ3n) is 3.64. The molecule has 4 heterocycles. The lowest BCUT2D eigenvalue weighted by atomic mass is 9.83. The van der Waals surface area contributed by atoms with Crippen molar-refractivity contribution < 1.29 is 19.8 Å². The minimum absolute atomic E-state index is 0.810. The predicted octanol–water partition coefficient (Wildman–Crippen LogP) is 0.741. The minimum Gasteiger partial charge on any atom is -0.473 e. The maximum atomic E-state index is 9.10. The van der Waals surface area contributed by atoms with Crippen LogP contribution >= 0.6 is 0 Å². The molecule has 2 N–H and O–H groups in total. The summed E-state index contributed by atoms with van der Waals surface area (Å²) in [5.41, 5.74) is 2.61. The second-order valence-electron chi connectivity index (χ2n) is 5.01. The smallest absolute Gasteiger partial charge is 0.414 e. The Kier molecular flexibility index (Phi) is 4.99. The van der Waals surface area contributed by atoms with Crippen molar-refractivity contribution in [3.63, 3.8) is 0 Å². The number of nitrogens with zero attached hydrogens (tertiary/aromatic N) is 3. The molecule has 2 bridgehead atoms. The fraction of sp³-hybridized carbons (Fsp3) is 0.429. The van der Waals surface area contributed by atoms with Gasteiger partial charge in [0.15, 0.2) is 0 Å². The fourth-order valence-corrected chi connectivity index (χ4v) is 2.59. The van der Waals surface area contributed by atoms with E-state index < -0.39 is 11.9 Å². The van der Waals surface area contributed by atoms with Crippen molar-refractivity contribution in [2.75, 3.05) is 19.6 Å². The van der Waals surface area contributed by atoms with Crippen LogP contribution in [0.2, 0.25) is 0 Å². The summed E-state index contributed by atoms with van der Waals surface area (Å²) in [6, 6.07) is 1.98. The van der Waals surface area contributed by atoms with Gasteiger partial charge in [-0.05, 0) is 44.0 Å². The first-order valence-electron chi connectivity index (χ1n) is 6.71. The van der Waals surface area contributed by atoms with Crippen LogP contribution in [0.5, 0.6) is 0 Å². The Morgan fingerprint density at radius 1 is 1.24 bits per heavy atom. The number of carboxylic acid groups (broad SMARTS) is 2. The quantitative estimate of drug-likeness (QED) is 0.735. The molecule has 21 heavy (non-hydrogen) atoms. The van der Waals surface area contributed by atoms with Gasteiger partial charge in [-0.15, -0.1) is 0 Å². The number of hydrogen-bond donors (Lipinski definition) is 2. The van der Waals surface area contributed by atoms with Crippen LogP contribution in [0.1, 0.15) is 18.5 Å². The summed E-state index contributed by atoms with van der Waals surface area (Å²) >= 11 is 0. The first-order chi connectivity index (χ1) is 10.1. The van der Waals surface area contributed by atoms with Gasteiger partial charge in [-0.1, -0.05) is 5.57 Å². The third-order valence-corrected chi connectivity index (χ3v) is 3.64. The molecular formula is C14H17N3O4. The standard InChI is InChI=1S/C12H15N3.C2H2O4/c1-4-13-9-14-12(1)7-11-8-15-5-2-10(11)3-6-15;3-1(4)2(5)6/h1,4,7,9-10H,2-3,5-6,8H2;(H,3,4)(H,5,6). The second kappa shape index (κ2) is 6.94. The van der Waals surface area contributed by atoms with Crippen molar-refractivity contribution in [1.82, 2.24) is 14.9 Å². The van der Waals surface area contributed by atoms with Crippen LogP contribution in [-0.2, 0) is 9.59 Å². The van der Waals surface area contributed by atoms with Crippen LogP contribution in [0.15, 0.2) is 24.2 Å². The van der Waals surface area contributed by atoms with Gasteiger partial charge in [0.05, 0.1) is 5.69 Å². The van der Waals surface area contributed by atoms with E-state index in [4.69, 9.17) is 19.8 Å². The zero-order chi connectivity index (χ0) is 15.2. The third kappa shape index (κ3) is 4.35. The number of piperidine rings is 3. The molecule has 3 fully saturated rings. The normalized spacial score (nSPS) is 25.0. The molecule has 0 amide bonds. The van der Waals surface area contributed by atoms with Crippen molar-refractivity contribution in [3.8, 4) is 0 Å². The fourth-order valence-electron chi connectivity index (χ4n) is 2.59. The lowest BCUT2D eigenvalue weighted by Crippen LogP contribution is -2.42. The Morgan fingerprint density at radius 3 is 2.33 bits per heavy atom. The molecule has 7 heteroatoms. The van der Waals surface area contributed by atoms with Crippen molar-refractivity contribution in [3.05, 3.63) is 29.9 Å². The molecule has 0 unspecified atom stereocenters. The van der Waals surface area contributed by atoms with Gasteiger partial charge < -0.3 is 10.2 Å². The van der Waals surface area contributed by atoms with Crippen molar-refractivity contribution in [1.29, 1.82) is 0 Å². The number of hydrogen-bond acceptors (Lipinski definition) is 5. The molecule has 3 aliphatic heterocycles. The first-order valence-corrected chi connectivity index (χ1v) is 6.71. The molecule has 0 saturated carbocycles. The van der Waals surface area contributed by atoms with E-state index in [1.807, 2.05) is 6.07 Å². The Balaban J connectivity index is 0.000000232.